The second-order valence-electron chi connectivity index (χ2n) is 4.68. The first-order valence-electron chi connectivity index (χ1n) is 6.24. The lowest BCUT2D eigenvalue weighted by molar-refractivity contribution is 0.583. The number of rotatable bonds is 2. The zero-order valence-corrected chi connectivity index (χ0v) is 10.1. The molecule has 1 fully saturated rings. The van der Waals surface area contributed by atoms with Gasteiger partial charge in [-0.3, -0.25) is 0 Å². The van der Waals surface area contributed by atoms with Crippen molar-refractivity contribution in [1.29, 1.82) is 0 Å². The molecule has 1 atom stereocenters. The molecule has 1 aromatic heterocycles. The molecule has 0 bridgehead atoms. The van der Waals surface area contributed by atoms with Gasteiger partial charge in [0.15, 0.2) is 0 Å². The quantitative estimate of drug-likeness (QED) is 0.752. The summed E-state index contributed by atoms with van der Waals surface area (Å²) in [5.74, 6) is 0.137. The van der Waals surface area contributed by atoms with Crippen molar-refractivity contribution < 1.29 is 4.39 Å². The molecule has 18 heavy (non-hydrogen) atoms. The van der Waals surface area contributed by atoms with Crippen LogP contribution in [-0.2, 0) is 0 Å². The average Bonchev–Trinajstić information content (AvgIpc) is 2.89. The molecule has 1 aliphatic heterocycles. The van der Waals surface area contributed by atoms with Crippen LogP contribution in [0.15, 0.2) is 48.7 Å². The van der Waals surface area contributed by atoms with Crippen molar-refractivity contribution in [3.8, 4) is 0 Å². The Balaban J connectivity index is 1.76. The largest absolute Gasteiger partial charge is 0.371 e. The molecule has 1 aromatic carbocycles. The topological polar surface area (TPSA) is 16.1 Å². The maximum absolute atomic E-state index is 13.1. The molecule has 0 N–H and O–H groups in total. The fourth-order valence-electron chi connectivity index (χ4n) is 2.58. The van der Waals surface area contributed by atoms with Crippen LogP contribution in [0.25, 0.3) is 0 Å². The van der Waals surface area contributed by atoms with Crippen molar-refractivity contribution in [1.82, 2.24) is 4.98 Å². The van der Waals surface area contributed by atoms with Crippen LogP contribution < -0.4 is 4.90 Å². The molecule has 1 saturated heterocycles. The summed E-state index contributed by atoms with van der Waals surface area (Å²) in [7, 11) is 0. The first-order chi connectivity index (χ1) is 8.83. The molecular formula is C15H15FN2. The normalized spacial score (nSPS) is 19.2. The number of aromatic nitrogens is 1. The smallest absolute Gasteiger partial charge is 0.214 e. The third-order valence-corrected chi connectivity index (χ3v) is 3.53. The Labute approximate surface area is 106 Å². The Kier molecular flexibility index (Phi) is 2.97. The molecule has 3 heteroatoms. The summed E-state index contributed by atoms with van der Waals surface area (Å²) < 4.78 is 13.1. The molecule has 0 saturated carbocycles. The predicted molar refractivity (Wildman–Crippen MR) is 70.2 cm³/mol. The van der Waals surface area contributed by atoms with Gasteiger partial charge >= 0.3 is 0 Å². The number of hydrogen-bond acceptors (Lipinski definition) is 2. The maximum atomic E-state index is 13.1. The molecule has 2 nitrogen and oxygen atoms in total. The Hall–Kier alpha value is -1.90. The average molecular weight is 242 g/mol. The molecule has 0 aliphatic carbocycles. The van der Waals surface area contributed by atoms with E-state index in [4.69, 9.17) is 0 Å². The van der Waals surface area contributed by atoms with Crippen molar-refractivity contribution >= 4 is 5.69 Å². The number of anilines is 1. The zero-order valence-electron chi connectivity index (χ0n) is 10.1. The second-order valence-corrected chi connectivity index (χ2v) is 4.68. The summed E-state index contributed by atoms with van der Waals surface area (Å²) in [5, 5.41) is 0. The van der Waals surface area contributed by atoms with E-state index < -0.39 is 5.95 Å². The minimum absolute atomic E-state index is 0.407. The lowest BCUT2D eigenvalue weighted by Crippen LogP contribution is -2.19. The molecule has 0 amide bonds. The van der Waals surface area contributed by atoms with Crippen LogP contribution in [0, 0.1) is 5.95 Å². The van der Waals surface area contributed by atoms with Crippen LogP contribution in [0.4, 0.5) is 10.1 Å². The molecule has 3 rings (SSSR count). The molecular weight excluding hydrogens is 227 g/mol. The van der Waals surface area contributed by atoms with Crippen LogP contribution in [0.5, 0.6) is 0 Å². The van der Waals surface area contributed by atoms with Gasteiger partial charge in [0.1, 0.15) is 0 Å². The van der Waals surface area contributed by atoms with Gasteiger partial charge in [-0.2, -0.15) is 4.39 Å². The van der Waals surface area contributed by atoms with E-state index >= 15 is 0 Å². The van der Waals surface area contributed by atoms with E-state index in [1.54, 1.807) is 0 Å². The van der Waals surface area contributed by atoms with Gasteiger partial charge in [0.25, 0.3) is 0 Å². The van der Waals surface area contributed by atoms with E-state index in [-0.39, 0.29) is 0 Å². The lowest BCUT2D eigenvalue weighted by atomic mass is 9.99. The number of benzene rings is 1. The van der Waals surface area contributed by atoms with E-state index in [0.717, 1.165) is 25.2 Å². The molecule has 0 spiro atoms. The number of halogens is 1. The highest BCUT2D eigenvalue weighted by Gasteiger charge is 2.24. The van der Waals surface area contributed by atoms with Crippen LogP contribution in [-0.4, -0.2) is 18.1 Å². The lowest BCUT2D eigenvalue weighted by Gasteiger charge is -2.18. The van der Waals surface area contributed by atoms with Gasteiger partial charge in [0.2, 0.25) is 5.95 Å². The number of nitrogens with zero attached hydrogens (tertiary/aromatic N) is 2. The minimum Gasteiger partial charge on any atom is -0.371 e. The van der Waals surface area contributed by atoms with Crippen LogP contribution in [0.1, 0.15) is 17.9 Å². The summed E-state index contributed by atoms with van der Waals surface area (Å²) in [6.45, 7) is 1.93. The van der Waals surface area contributed by atoms with Crippen molar-refractivity contribution in [3.05, 3.63) is 60.2 Å². The highest BCUT2D eigenvalue weighted by molar-refractivity contribution is 5.47. The van der Waals surface area contributed by atoms with Gasteiger partial charge in [-0.1, -0.05) is 30.3 Å². The van der Waals surface area contributed by atoms with Crippen molar-refractivity contribution in [2.24, 2.45) is 0 Å². The fraction of sp³-hybridized carbons (Fsp3) is 0.267. The highest BCUT2D eigenvalue weighted by atomic mass is 19.1. The van der Waals surface area contributed by atoms with Gasteiger partial charge in [-0.25, -0.2) is 4.98 Å². The monoisotopic (exact) mass is 242 g/mol. The van der Waals surface area contributed by atoms with E-state index in [1.807, 2.05) is 12.1 Å². The second kappa shape index (κ2) is 4.77. The van der Waals surface area contributed by atoms with E-state index in [2.05, 4.69) is 34.1 Å². The first kappa shape index (κ1) is 11.2. The Morgan fingerprint density at radius 3 is 2.78 bits per heavy atom. The number of pyridine rings is 1. The molecule has 1 aliphatic rings. The molecule has 2 aromatic rings. The Bertz CT molecular complexity index is 527. The minimum atomic E-state index is -0.407. The van der Waals surface area contributed by atoms with E-state index in [0.29, 0.717) is 5.92 Å². The standard InChI is InChI=1S/C15H15FN2/c16-15-10-14(6-8-17-15)18-9-7-13(11-18)12-4-2-1-3-5-12/h1-6,8,10,13H,7,9,11H2. The predicted octanol–water partition coefficient (Wildman–Crippen LogP) is 3.21. The molecule has 0 radical (unpaired) electrons. The third kappa shape index (κ3) is 2.21. The van der Waals surface area contributed by atoms with Gasteiger partial charge < -0.3 is 4.90 Å². The summed E-state index contributed by atoms with van der Waals surface area (Å²) in [6, 6.07) is 13.9. The molecule has 92 valence electrons. The third-order valence-electron chi connectivity index (χ3n) is 3.53. The van der Waals surface area contributed by atoms with Crippen LogP contribution in [0.2, 0.25) is 0 Å². The van der Waals surface area contributed by atoms with Gasteiger partial charge in [-0.15, -0.1) is 0 Å². The van der Waals surface area contributed by atoms with E-state index in [1.165, 1.54) is 17.8 Å². The van der Waals surface area contributed by atoms with Crippen molar-refractivity contribution in [2.45, 2.75) is 12.3 Å². The fourth-order valence-corrected chi connectivity index (χ4v) is 2.58. The van der Waals surface area contributed by atoms with Crippen LogP contribution in [0.3, 0.4) is 0 Å². The first-order valence-corrected chi connectivity index (χ1v) is 6.24. The van der Waals surface area contributed by atoms with Gasteiger partial charge in [-0.05, 0) is 18.1 Å². The van der Waals surface area contributed by atoms with E-state index in [9.17, 15) is 4.39 Å². The Morgan fingerprint density at radius 1 is 1.17 bits per heavy atom. The summed E-state index contributed by atoms with van der Waals surface area (Å²) >= 11 is 0. The zero-order chi connectivity index (χ0) is 12.4. The molecule has 2 heterocycles. The SMILES string of the molecule is Fc1cc(N2CCC(c3ccccc3)C2)ccn1. The van der Waals surface area contributed by atoms with Gasteiger partial charge in [0, 0.05) is 37.0 Å². The number of hydrogen-bond donors (Lipinski definition) is 0. The van der Waals surface area contributed by atoms with Crippen molar-refractivity contribution in [2.75, 3.05) is 18.0 Å². The summed E-state index contributed by atoms with van der Waals surface area (Å²) in [5.41, 5.74) is 2.30. The van der Waals surface area contributed by atoms with Crippen LogP contribution >= 0.6 is 0 Å². The summed E-state index contributed by atoms with van der Waals surface area (Å²) in [4.78, 5) is 5.82. The maximum Gasteiger partial charge on any atom is 0.214 e. The Morgan fingerprint density at radius 2 is 2.00 bits per heavy atom. The highest BCUT2D eigenvalue weighted by Crippen LogP contribution is 2.30. The van der Waals surface area contributed by atoms with Gasteiger partial charge in [0.05, 0.1) is 0 Å². The molecule has 1 unspecified atom stereocenters. The van der Waals surface area contributed by atoms with Crippen molar-refractivity contribution in [3.63, 3.8) is 0 Å². The summed E-state index contributed by atoms with van der Waals surface area (Å²) in [6.07, 6.45) is 2.65.